The third-order valence-corrected chi connectivity index (χ3v) is 60.7. The van der Waals surface area contributed by atoms with Crippen LogP contribution in [0.3, 0.4) is 0 Å². The van der Waals surface area contributed by atoms with Gasteiger partial charge in [-0.25, -0.2) is 0 Å². The Morgan fingerprint density at radius 2 is 0.529 bits per heavy atom. The molecule has 6 radical (unpaired) electrons. The molecule has 0 heterocycles. The van der Waals surface area contributed by atoms with E-state index in [4.69, 9.17) is 0 Å². The van der Waals surface area contributed by atoms with E-state index in [0.29, 0.717) is 25.8 Å². The van der Waals surface area contributed by atoms with E-state index in [1.54, 1.807) is 95.5 Å². The van der Waals surface area contributed by atoms with Crippen LogP contribution in [0.5, 0.6) is 0 Å². The third-order valence-electron chi connectivity index (χ3n) is 25.2. The molecule has 0 saturated heterocycles. The van der Waals surface area contributed by atoms with E-state index in [-0.39, 0.29) is 201 Å². The molecule has 0 nitrogen and oxygen atoms in total. The summed E-state index contributed by atoms with van der Waals surface area (Å²) in [4.78, 5) is 0. The molecule has 0 atom stereocenters. The van der Waals surface area contributed by atoms with Crippen molar-refractivity contribution in [2.45, 2.75) is 387 Å². The molecule has 0 aliphatic heterocycles. The van der Waals surface area contributed by atoms with Crippen LogP contribution in [-0.4, -0.2) is 117 Å². The molecule has 580 valence electrons. The Morgan fingerprint density at radius 1 is 0.298 bits per heavy atom. The van der Waals surface area contributed by atoms with Gasteiger partial charge >= 0.3 is 0 Å². The molecule has 4 aromatic carbocycles. The van der Waals surface area contributed by atoms with Gasteiger partial charge in [-0.1, -0.05) is 132 Å². The molecule has 12 heteroatoms. The van der Waals surface area contributed by atoms with Gasteiger partial charge in [-0.2, -0.15) is 0 Å². The minimum Gasteiger partial charge on any atom is -0.0652 e. The van der Waals surface area contributed by atoms with Crippen molar-refractivity contribution in [3.63, 3.8) is 0 Å². The van der Waals surface area contributed by atoms with Crippen molar-refractivity contribution in [3.8, 4) is 0 Å². The second-order valence-corrected chi connectivity index (χ2v) is 69.4. The second kappa shape index (κ2) is 55.1. The van der Waals surface area contributed by atoms with Gasteiger partial charge in [0.15, 0.2) is 0 Å². The van der Waals surface area contributed by atoms with Crippen LogP contribution in [0.4, 0.5) is 0 Å². The molecular formula is C92H170P6Y6+6. The molecular weight excluding hydrogens is 1820 g/mol. The number of hydrogen-bond donors (Lipinski definition) is 0. The molecule has 3 saturated carbocycles. The molecule has 4 aromatic rings. The van der Waals surface area contributed by atoms with E-state index < -0.39 is 43.6 Å². The van der Waals surface area contributed by atoms with E-state index >= 15 is 0 Å². The van der Waals surface area contributed by atoms with Gasteiger partial charge in [-0.05, 0) is 311 Å². The van der Waals surface area contributed by atoms with Crippen LogP contribution in [0.1, 0.15) is 322 Å². The molecule has 7 rings (SSSR count). The summed E-state index contributed by atoms with van der Waals surface area (Å²) < 4.78 is 0. The van der Waals surface area contributed by atoms with E-state index in [0.717, 1.165) is 34.0 Å². The Balaban J connectivity index is -0.000000383. The average Bonchev–Trinajstić information content (AvgIpc) is 0.727. The molecule has 0 spiro atoms. The summed E-state index contributed by atoms with van der Waals surface area (Å²) in [7, 11) is -5.85. The maximum absolute atomic E-state index is 2.68. The molecule has 104 heavy (non-hydrogen) atoms. The van der Waals surface area contributed by atoms with E-state index in [9.17, 15) is 0 Å². The van der Waals surface area contributed by atoms with Crippen molar-refractivity contribution in [1.82, 2.24) is 0 Å². The molecule has 3 fully saturated rings. The van der Waals surface area contributed by atoms with Crippen molar-refractivity contribution < 1.29 is 196 Å². The van der Waals surface area contributed by atoms with E-state index in [1.165, 1.54) is 79.0 Å². The number of benzene rings is 4. The maximum atomic E-state index is 2.68. The van der Waals surface area contributed by atoms with Gasteiger partial charge in [0.2, 0.25) is 0 Å². The minimum atomic E-state index is -1.74. The van der Waals surface area contributed by atoms with Gasteiger partial charge < -0.3 is 0 Å². The molecule has 0 amide bonds. The van der Waals surface area contributed by atoms with E-state index in [2.05, 4.69) is 342 Å². The first-order valence-electron chi connectivity index (χ1n) is 40.6. The summed E-state index contributed by atoms with van der Waals surface area (Å²) in [6.07, 6.45) is 36.5. The quantitative estimate of drug-likeness (QED) is 0.0821. The summed E-state index contributed by atoms with van der Waals surface area (Å²) in [5, 5.41) is 8.63. The van der Waals surface area contributed by atoms with Crippen molar-refractivity contribution in [1.29, 1.82) is 0 Å². The summed E-state index contributed by atoms with van der Waals surface area (Å²) in [5.41, 5.74) is 5.97. The standard InChI is InChI=1S/C22H42P.C22H24P.C16H36P.C13H30P.C12H20P.C7H18P.6Y/c2*1-22(2,3)23(19-13-7-4-8-14-19,20-15-9-5-10-16-20)21-17-11-6-12-18-21;1-7-10-13-17(14-11-8-2,15-12-9-3)16(4,5)6;1-10(2)14(11(3)4,12(5)6)13(7,8)9;1-12(2,3)13(4,5)11-9-7-6-8-10-11;1-7(2,3)8(4,5)6;;;;;;/h19-21H,4-18H2,1-3H3;4-18H,1-3H3;7-15H2,1-6H3;10-12H,1-9H3;6-10H,1-5H3;1-6H3;;;;;;/q6*+1;;;;;;. The Labute approximate surface area is 808 Å². The van der Waals surface area contributed by atoms with Gasteiger partial charge in [-0.15, -0.1) is 0 Å². The first kappa shape index (κ1) is 119. The summed E-state index contributed by atoms with van der Waals surface area (Å²) in [6.45, 7) is 77.6. The molecule has 0 unspecified atom stereocenters. The third kappa shape index (κ3) is 33.9. The Morgan fingerprint density at radius 3 is 0.683 bits per heavy atom. The number of hydrogen-bond acceptors (Lipinski definition) is 0. The number of rotatable bonds is 19. The first-order valence-corrected chi connectivity index (χ1v) is 54.6. The smallest absolute Gasteiger partial charge is 0.0652 e. The number of unbranched alkanes of at least 4 members (excludes halogenated alkanes) is 3. The fraction of sp³-hybridized carbons (Fsp3) is 0.739. The Bertz CT molecular complexity index is 2510. The van der Waals surface area contributed by atoms with Gasteiger partial charge in [-0.3, -0.25) is 0 Å². The average molecular weight is 2000 g/mol. The van der Waals surface area contributed by atoms with E-state index in [1.807, 2.05) is 0 Å². The summed E-state index contributed by atoms with van der Waals surface area (Å²) in [5.74, 6) is 0. The zero-order valence-electron chi connectivity index (χ0n) is 75.1. The maximum Gasteiger partial charge on any atom is 0.117 e. The monoisotopic (exact) mass is 1990 g/mol. The van der Waals surface area contributed by atoms with Crippen molar-refractivity contribution in [2.24, 2.45) is 0 Å². The zero-order valence-corrected chi connectivity index (χ0v) is 97.5. The molecule has 0 N–H and O–H groups in total. The Kier molecular flexibility index (Phi) is 62.8. The summed E-state index contributed by atoms with van der Waals surface area (Å²) in [6, 6.07) is 44.1. The largest absolute Gasteiger partial charge is 0.117 e. The fourth-order valence-electron chi connectivity index (χ4n) is 18.7. The first-order chi connectivity index (χ1) is 45.2. The van der Waals surface area contributed by atoms with Crippen LogP contribution >= 0.6 is 43.6 Å². The van der Waals surface area contributed by atoms with Crippen LogP contribution in [-0.2, 0) is 196 Å². The topological polar surface area (TPSA) is 0 Å². The van der Waals surface area contributed by atoms with Gasteiger partial charge in [0.05, 0.1) is 102 Å². The normalized spacial score (nSPS) is 15.5. The van der Waals surface area contributed by atoms with Crippen molar-refractivity contribution in [3.05, 3.63) is 121 Å². The molecule has 3 aliphatic carbocycles. The molecule has 0 aromatic heterocycles. The molecule has 3 aliphatic rings. The minimum absolute atomic E-state index is 0. The van der Waals surface area contributed by atoms with Gasteiger partial charge in [0, 0.05) is 253 Å². The van der Waals surface area contributed by atoms with Crippen molar-refractivity contribution >= 4 is 64.8 Å². The zero-order chi connectivity index (χ0) is 74.9. The van der Waals surface area contributed by atoms with Crippen LogP contribution < -0.4 is 21.2 Å². The van der Waals surface area contributed by atoms with Gasteiger partial charge in [0.1, 0.15) is 23.2 Å². The SMILES string of the molecule is CC(C)(C)[P+](C)(C)C.CC(C)(C)[P+](C)(C)c1ccccc1.CC(C)(C)[P+](C1CCCCC1)(C1CCCCC1)C1CCCCC1.CC(C)(C)[P+](c1ccccc1)(c1ccccc1)c1ccccc1.CC(C)[P+](C(C)C)(C(C)C)C(C)(C)C.CCCC[P+](CCCC)(CCCC)C(C)(C)C.[Y].[Y].[Y].[Y].[Y].[Y]. The van der Waals surface area contributed by atoms with Crippen LogP contribution in [0.2, 0.25) is 0 Å². The van der Waals surface area contributed by atoms with Crippen LogP contribution in [0.15, 0.2) is 121 Å². The summed E-state index contributed by atoms with van der Waals surface area (Å²) >= 11 is 0. The second-order valence-electron chi connectivity index (χ2n) is 38.7. The fourth-order valence-corrected chi connectivity index (χ4v) is 47.8. The van der Waals surface area contributed by atoms with Crippen LogP contribution in [0, 0.1) is 0 Å². The predicted octanol–water partition coefficient (Wildman–Crippen LogP) is 29.9. The van der Waals surface area contributed by atoms with Crippen LogP contribution in [0.25, 0.3) is 0 Å². The van der Waals surface area contributed by atoms with Crippen molar-refractivity contribution in [2.75, 3.05) is 51.8 Å². The Hall–Kier alpha value is 6.08. The predicted molar refractivity (Wildman–Crippen MR) is 479 cm³/mol. The molecule has 0 bridgehead atoms. The van der Waals surface area contributed by atoms with Gasteiger partial charge in [0.25, 0.3) is 0 Å².